The van der Waals surface area contributed by atoms with Gasteiger partial charge in [-0.3, -0.25) is 9.69 Å². The van der Waals surface area contributed by atoms with Gasteiger partial charge in [0.1, 0.15) is 9.88 Å². The van der Waals surface area contributed by atoms with Crippen LogP contribution < -0.4 is 14.4 Å². The van der Waals surface area contributed by atoms with E-state index in [-0.39, 0.29) is 5.91 Å². The topological polar surface area (TPSA) is 64.6 Å². The lowest BCUT2D eigenvalue weighted by atomic mass is 10.1. The van der Waals surface area contributed by atoms with Crippen LogP contribution in [0.3, 0.4) is 0 Å². The first-order valence-electron chi connectivity index (χ1n) is 9.32. The number of carbonyl (C=O) groups is 1. The number of rotatable bonds is 7. The van der Waals surface area contributed by atoms with Crippen LogP contribution in [0.1, 0.15) is 47.2 Å². The minimum absolute atomic E-state index is 0.100. The molecule has 29 heavy (non-hydrogen) atoms. The molecule has 8 heteroatoms. The summed E-state index contributed by atoms with van der Waals surface area (Å²) in [6, 6.07) is 5.62. The SMILES string of the molecule is CCC(C)c1csc(N(C)C(=O)c2sc(-c3ccc(OC)c(OC)c3)nc2C)n1. The summed E-state index contributed by atoms with van der Waals surface area (Å²) in [7, 11) is 4.96. The second-order valence-corrected chi connectivity index (χ2v) is 8.57. The van der Waals surface area contributed by atoms with Crippen molar-refractivity contribution in [1.29, 1.82) is 0 Å². The second-order valence-electron chi connectivity index (χ2n) is 6.73. The molecule has 1 unspecified atom stereocenters. The lowest BCUT2D eigenvalue weighted by Crippen LogP contribution is -2.26. The summed E-state index contributed by atoms with van der Waals surface area (Å²) in [5.74, 6) is 1.56. The van der Waals surface area contributed by atoms with Crippen LogP contribution in [0.25, 0.3) is 10.6 Å². The molecule has 0 bridgehead atoms. The maximum atomic E-state index is 13.1. The van der Waals surface area contributed by atoms with Gasteiger partial charge < -0.3 is 9.47 Å². The number of carbonyl (C=O) groups excluding carboxylic acids is 1. The van der Waals surface area contributed by atoms with Gasteiger partial charge in [-0.1, -0.05) is 13.8 Å². The molecule has 0 saturated carbocycles. The van der Waals surface area contributed by atoms with Gasteiger partial charge >= 0.3 is 0 Å². The molecule has 2 aromatic heterocycles. The van der Waals surface area contributed by atoms with E-state index in [0.29, 0.717) is 33.1 Å². The second kappa shape index (κ2) is 8.92. The van der Waals surface area contributed by atoms with E-state index in [0.717, 1.165) is 22.7 Å². The van der Waals surface area contributed by atoms with Crippen LogP contribution in [0.15, 0.2) is 23.6 Å². The third-order valence-electron chi connectivity index (χ3n) is 4.84. The average molecular weight is 432 g/mol. The molecule has 2 heterocycles. The molecule has 0 fully saturated rings. The number of hydrogen-bond acceptors (Lipinski definition) is 7. The van der Waals surface area contributed by atoms with E-state index in [1.165, 1.54) is 22.7 Å². The molecule has 1 aromatic carbocycles. The van der Waals surface area contributed by atoms with Gasteiger partial charge in [0.15, 0.2) is 16.6 Å². The molecule has 0 spiro atoms. The van der Waals surface area contributed by atoms with Gasteiger partial charge in [-0.05, 0) is 37.5 Å². The fourth-order valence-electron chi connectivity index (χ4n) is 2.79. The minimum atomic E-state index is -0.100. The summed E-state index contributed by atoms with van der Waals surface area (Å²) >= 11 is 2.86. The highest BCUT2D eigenvalue weighted by Gasteiger charge is 2.23. The first-order chi connectivity index (χ1) is 13.9. The Kier molecular flexibility index (Phi) is 6.54. The molecule has 6 nitrogen and oxygen atoms in total. The quantitative estimate of drug-likeness (QED) is 0.502. The summed E-state index contributed by atoms with van der Waals surface area (Å²) in [5.41, 5.74) is 2.61. The molecule has 0 aliphatic carbocycles. The van der Waals surface area contributed by atoms with Gasteiger partial charge in [-0.15, -0.1) is 22.7 Å². The number of amides is 1. The van der Waals surface area contributed by atoms with Crippen molar-refractivity contribution in [2.45, 2.75) is 33.1 Å². The third kappa shape index (κ3) is 4.28. The Morgan fingerprint density at radius 1 is 1.21 bits per heavy atom. The van der Waals surface area contributed by atoms with E-state index in [1.54, 1.807) is 26.2 Å². The lowest BCUT2D eigenvalue weighted by molar-refractivity contribution is 0.0996. The predicted molar refractivity (Wildman–Crippen MR) is 119 cm³/mol. The largest absolute Gasteiger partial charge is 0.493 e. The van der Waals surface area contributed by atoms with E-state index in [9.17, 15) is 4.79 Å². The number of aryl methyl sites for hydroxylation is 1. The highest BCUT2D eigenvalue weighted by Crippen LogP contribution is 2.36. The zero-order chi connectivity index (χ0) is 21.1. The fraction of sp³-hybridized carbons (Fsp3) is 0.381. The summed E-state index contributed by atoms with van der Waals surface area (Å²) in [5, 5.41) is 3.49. The summed E-state index contributed by atoms with van der Waals surface area (Å²) < 4.78 is 10.7. The monoisotopic (exact) mass is 431 g/mol. The van der Waals surface area contributed by atoms with E-state index < -0.39 is 0 Å². The van der Waals surface area contributed by atoms with E-state index in [4.69, 9.17) is 9.47 Å². The number of hydrogen-bond donors (Lipinski definition) is 0. The Labute approximate surface area is 179 Å². The molecule has 3 aromatic rings. The lowest BCUT2D eigenvalue weighted by Gasteiger charge is -2.13. The minimum Gasteiger partial charge on any atom is -0.493 e. The Hall–Kier alpha value is -2.45. The van der Waals surface area contributed by atoms with E-state index >= 15 is 0 Å². The van der Waals surface area contributed by atoms with Crippen LogP contribution in [-0.2, 0) is 0 Å². The molecule has 0 saturated heterocycles. The van der Waals surface area contributed by atoms with Crippen LogP contribution in [-0.4, -0.2) is 37.1 Å². The van der Waals surface area contributed by atoms with Gasteiger partial charge in [0.2, 0.25) is 0 Å². The summed E-state index contributed by atoms with van der Waals surface area (Å²) in [6.07, 6.45) is 1.02. The van der Waals surface area contributed by atoms with Crippen molar-refractivity contribution < 1.29 is 14.3 Å². The molecule has 1 amide bonds. The molecule has 3 rings (SSSR count). The molecule has 0 N–H and O–H groups in total. The fourth-order valence-corrected chi connectivity index (χ4v) is 4.74. The Balaban J connectivity index is 1.88. The third-order valence-corrected chi connectivity index (χ3v) is 6.97. The molecular weight excluding hydrogens is 406 g/mol. The Bertz CT molecular complexity index is 1010. The van der Waals surface area contributed by atoms with Gasteiger partial charge in [0, 0.05) is 18.0 Å². The number of ether oxygens (including phenoxy) is 2. The van der Waals surface area contributed by atoms with Crippen LogP contribution in [0, 0.1) is 6.92 Å². The van der Waals surface area contributed by atoms with Crippen LogP contribution in [0.5, 0.6) is 11.5 Å². The number of thiazole rings is 2. The Morgan fingerprint density at radius 2 is 1.93 bits per heavy atom. The normalized spacial score (nSPS) is 11.9. The molecule has 0 aliphatic heterocycles. The molecular formula is C21H25N3O3S2. The smallest absolute Gasteiger partial charge is 0.271 e. The molecule has 0 aliphatic rings. The number of benzene rings is 1. The van der Waals surface area contributed by atoms with Gasteiger partial charge in [-0.25, -0.2) is 9.97 Å². The zero-order valence-corrected chi connectivity index (χ0v) is 19.1. The van der Waals surface area contributed by atoms with Crippen LogP contribution >= 0.6 is 22.7 Å². The number of nitrogens with zero attached hydrogens (tertiary/aromatic N) is 3. The highest BCUT2D eigenvalue weighted by molar-refractivity contribution is 7.17. The number of anilines is 1. The van der Waals surface area contributed by atoms with Gasteiger partial charge in [0.25, 0.3) is 5.91 Å². The summed E-state index contributed by atoms with van der Waals surface area (Å²) in [4.78, 5) is 24.6. The first kappa shape index (κ1) is 21.3. The maximum absolute atomic E-state index is 13.1. The van der Waals surface area contributed by atoms with Crippen LogP contribution in [0.2, 0.25) is 0 Å². The van der Waals surface area contributed by atoms with Crippen molar-refractivity contribution in [3.05, 3.63) is 39.8 Å². The molecule has 1 atom stereocenters. The van der Waals surface area contributed by atoms with Gasteiger partial charge in [0.05, 0.1) is 25.6 Å². The van der Waals surface area contributed by atoms with Crippen molar-refractivity contribution in [2.75, 3.05) is 26.2 Å². The Morgan fingerprint density at radius 3 is 2.59 bits per heavy atom. The number of aromatic nitrogens is 2. The molecule has 154 valence electrons. The van der Waals surface area contributed by atoms with E-state index in [1.807, 2.05) is 30.5 Å². The number of methoxy groups -OCH3 is 2. The summed E-state index contributed by atoms with van der Waals surface area (Å²) in [6.45, 7) is 6.13. The van der Waals surface area contributed by atoms with Crippen LogP contribution in [0.4, 0.5) is 5.13 Å². The average Bonchev–Trinajstić information content (AvgIpc) is 3.38. The predicted octanol–water partition coefficient (Wildman–Crippen LogP) is 5.38. The first-order valence-corrected chi connectivity index (χ1v) is 11.0. The highest BCUT2D eigenvalue weighted by atomic mass is 32.1. The standard InChI is InChI=1S/C21H25N3O3S2/c1-7-12(2)15-11-28-21(23-15)24(4)20(25)18-13(3)22-19(29-18)14-8-9-16(26-5)17(10-14)27-6/h8-12H,7H2,1-6H3. The van der Waals surface area contributed by atoms with Crippen molar-refractivity contribution in [1.82, 2.24) is 9.97 Å². The van der Waals surface area contributed by atoms with E-state index in [2.05, 4.69) is 23.8 Å². The van der Waals surface area contributed by atoms with Crippen molar-refractivity contribution in [2.24, 2.45) is 0 Å². The zero-order valence-electron chi connectivity index (χ0n) is 17.5. The van der Waals surface area contributed by atoms with Crippen molar-refractivity contribution in [3.63, 3.8) is 0 Å². The van der Waals surface area contributed by atoms with Gasteiger partial charge in [-0.2, -0.15) is 0 Å². The molecule has 0 radical (unpaired) electrons. The van der Waals surface area contributed by atoms with Crippen molar-refractivity contribution >= 4 is 33.7 Å². The maximum Gasteiger partial charge on any atom is 0.271 e. The van der Waals surface area contributed by atoms with Crippen molar-refractivity contribution in [3.8, 4) is 22.1 Å².